The number of rotatable bonds is 7. The summed E-state index contributed by atoms with van der Waals surface area (Å²) in [6, 6.07) is 0.114. The van der Waals surface area contributed by atoms with Crippen molar-refractivity contribution in [3.8, 4) is 0 Å². The summed E-state index contributed by atoms with van der Waals surface area (Å²) in [7, 11) is 0. The second-order valence-corrected chi connectivity index (χ2v) is 4.51. The second kappa shape index (κ2) is 6.78. The smallest absolute Gasteiger partial charge is 0.347 e. The number of hydrogen-bond acceptors (Lipinski definition) is 2. The third-order valence-electron chi connectivity index (χ3n) is 2.84. The molecular formula is C12H20F3N3. The topological polar surface area (TPSA) is 40.7 Å². The molecule has 0 spiro atoms. The van der Waals surface area contributed by atoms with E-state index < -0.39 is 12.6 Å². The zero-order chi connectivity index (χ0) is 13.6. The first-order valence-corrected chi connectivity index (χ1v) is 6.24. The Morgan fingerprint density at radius 2 is 2.17 bits per heavy atom. The molecule has 1 aromatic rings. The van der Waals surface area contributed by atoms with Gasteiger partial charge in [0.15, 0.2) is 0 Å². The van der Waals surface area contributed by atoms with E-state index in [0.717, 1.165) is 12.2 Å². The number of alkyl halides is 3. The maximum absolute atomic E-state index is 12.0. The summed E-state index contributed by atoms with van der Waals surface area (Å²) >= 11 is 0. The van der Waals surface area contributed by atoms with E-state index in [1.54, 1.807) is 12.4 Å². The number of aromatic nitrogens is 2. The van der Waals surface area contributed by atoms with Crippen LogP contribution in [0.1, 0.15) is 51.4 Å². The Morgan fingerprint density at radius 1 is 1.44 bits per heavy atom. The van der Waals surface area contributed by atoms with Gasteiger partial charge in [0.05, 0.1) is 6.04 Å². The van der Waals surface area contributed by atoms with Gasteiger partial charge in [0, 0.05) is 24.9 Å². The highest BCUT2D eigenvalue weighted by molar-refractivity contribution is 4.95. The molecule has 0 bridgehead atoms. The summed E-state index contributed by atoms with van der Waals surface area (Å²) < 4.78 is 36.1. The molecule has 0 fully saturated rings. The molecule has 0 aromatic carbocycles. The molecule has 2 unspecified atom stereocenters. The SMILES string of the molecule is CCC(NC(C)CCCC(F)(F)F)c1ncc[nH]1. The Labute approximate surface area is 105 Å². The molecule has 0 aliphatic heterocycles. The van der Waals surface area contributed by atoms with Gasteiger partial charge in [-0.25, -0.2) is 4.98 Å². The van der Waals surface area contributed by atoms with E-state index >= 15 is 0 Å². The van der Waals surface area contributed by atoms with E-state index in [1.165, 1.54) is 0 Å². The van der Waals surface area contributed by atoms with Crippen molar-refractivity contribution in [2.24, 2.45) is 0 Å². The lowest BCUT2D eigenvalue weighted by Crippen LogP contribution is -2.31. The van der Waals surface area contributed by atoms with Crippen LogP contribution >= 0.6 is 0 Å². The second-order valence-electron chi connectivity index (χ2n) is 4.51. The summed E-state index contributed by atoms with van der Waals surface area (Å²) in [6.07, 6.45) is 0.170. The fourth-order valence-corrected chi connectivity index (χ4v) is 1.89. The first-order chi connectivity index (χ1) is 8.42. The van der Waals surface area contributed by atoms with Crippen molar-refractivity contribution in [1.82, 2.24) is 15.3 Å². The highest BCUT2D eigenvalue weighted by Crippen LogP contribution is 2.23. The van der Waals surface area contributed by atoms with Gasteiger partial charge >= 0.3 is 6.18 Å². The van der Waals surface area contributed by atoms with E-state index in [9.17, 15) is 13.2 Å². The van der Waals surface area contributed by atoms with Crippen LogP contribution < -0.4 is 5.32 Å². The third kappa shape index (κ3) is 5.53. The van der Waals surface area contributed by atoms with Crippen LogP contribution in [0.4, 0.5) is 13.2 Å². The largest absolute Gasteiger partial charge is 0.389 e. The van der Waals surface area contributed by atoms with Gasteiger partial charge in [0.1, 0.15) is 5.82 Å². The number of nitrogens with one attached hydrogen (secondary N) is 2. The predicted molar refractivity (Wildman–Crippen MR) is 64.1 cm³/mol. The van der Waals surface area contributed by atoms with E-state index in [0.29, 0.717) is 6.42 Å². The number of halogens is 3. The Hall–Kier alpha value is -1.04. The molecule has 2 N–H and O–H groups in total. The van der Waals surface area contributed by atoms with E-state index in [-0.39, 0.29) is 18.5 Å². The molecule has 0 amide bonds. The average Bonchev–Trinajstić information content (AvgIpc) is 2.77. The summed E-state index contributed by atoms with van der Waals surface area (Å²) in [6.45, 7) is 3.92. The molecule has 0 aliphatic rings. The molecule has 3 nitrogen and oxygen atoms in total. The number of H-pyrrole nitrogens is 1. The van der Waals surface area contributed by atoms with Crippen molar-refractivity contribution >= 4 is 0 Å². The number of aromatic amines is 1. The zero-order valence-electron chi connectivity index (χ0n) is 10.7. The van der Waals surface area contributed by atoms with Crippen LogP contribution in [0.25, 0.3) is 0 Å². The molecule has 0 saturated carbocycles. The zero-order valence-corrected chi connectivity index (χ0v) is 10.7. The highest BCUT2D eigenvalue weighted by Gasteiger charge is 2.26. The maximum atomic E-state index is 12.0. The molecule has 1 heterocycles. The quantitative estimate of drug-likeness (QED) is 0.789. The first kappa shape index (κ1) is 15.0. The van der Waals surface area contributed by atoms with Crippen molar-refractivity contribution in [3.63, 3.8) is 0 Å². The predicted octanol–water partition coefficient (Wildman–Crippen LogP) is 3.57. The van der Waals surface area contributed by atoms with Crippen LogP contribution in [-0.4, -0.2) is 22.2 Å². The molecule has 1 aromatic heterocycles. The fraction of sp³-hybridized carbons (Fsp3) is 0.750. The number of hydrogen-bond donors (Lipinski definition) is 2. The van der Waals surface area contributed by atoms with Gasteiger partial charge in [-0.2, -0.15) is 13.2 Å². The minimum atomic E-state index is -4.05. The average molecular weight is 263 g/mol. The lowest BCUT2D eigenvalue weighted by molar-refractivity contribution is -0.135. The van der Waals surface area contributed by atoms with Gasteiger partial charge in [-0.05, 0) is 26.2 Å². The van der Waals surface area contributed by atoms with Gasteiger partial charge in [0.25, 0.3) is 0 Å². The monoisotopic (exact) mass is 263 g/mol. The first-order valence-electron chi connectivity index (χ1n) is 6.24. The molecule has 1 rings (SSSR count). The van der Waals surface area contributed by atoms with Gasteiger partial charge in [-0.3, -0.25) is 0 Å². The molecule has 0 aliphatic carbocycles. The minimum absolute atomic E-state index is 0.0439. The molecule has 0 saturated heterocycles. The van der Waals surface area contributed by atoms with Gasteiger partial charge in [-0.1, -0.05) is 6.92 Å². The molecule has 6 heteroatoms. The van der Waals surface area contributed by atoms with E-state index in [2.05, 4.69) is 15.3 Å². The summed E-state index contributed by atoms with van der Waals surface area (Å²) in [5.41, 5.74) is 0. The Bertz CT molecular complexity index is 322. The van der Waals surface area contributed by atoms with Gasteiger partial charge < -0.3 is 10.3 Å². The van der Waals surface area contributed by atoms with Crippen molar-refractivity contribution in [1.29, 1.82) is 0 Å². The van der Waals surface area contributed by atoms with E-state index in [4.69, 9.17) is 0 Å². The molecular weight excluding hydrogens is 243 g/mol. The Balaban J connectivity index is 2.32. The molecule has 2 atom stereocenters. The number of nitrogens with zero attached hydrogens (tertiary/aromatic N) is 1. The highest BCUT2D eigenvalue weighted by atomic mass is 19.4. The van der Waals surface area contributed by atoms with E-state index in [1.807, 2.05) is 13.8 Å². The van der Waals surface area contributed by atoms with Gasteiger partial charge in [0.2, 0.25) is 0 Å². The Morgan fingerprint density at radius 3 is 2.67 bits per heavy atom. The van der Waals surface area contributed by atoms with Crippen LogP contribution in [0.2, 0.25) is 0 Å². The standard InChI is InChI=1S/C12H20F3N3/c1-3-10(11-16-7-8-17-11)18-9(2)5-4-6-12(13,14)15/h7-10,18H,3-6H2,1-2H3,(H,16,17). The summed E-state index contributed by atoms with van der Waals surface area (Å²) in [5, 5.41) is 3.29. The summed E-state index contributed by atoms with van der Waals surface area (Å²) in [5.74, 6) is 0.833. The lowest BCUT2D eigenvalue weighted by Gasteiger charge is -2.21. The number of imidazole rings is 1. The minimum Gasteiger partial charge on any atom is -0.347 e. The van der Waals surface area contributed by atoms with Crippen molar-refractivity contribution in [2.45, 2.75) is 57.8 Å². The molecule has 0 radical (unpaired) electrons. The van der Waals surface area contributed by atoms with Crippen LogP contribution in [-0.2, 0) is 0 Å². The molecule has 104 valence electrons. The van der Waals surface area contributed by atoms with Crippen LogP contribution in [0.3, 0.4) is 0 Å². The lowest BCUT2D eigenvalue weighted by atomic mass is 10.1. The van der Waals surface area contributed by atoms with Crippen molar-refractivity contribution < 1.29 is 13.2 Å². The van der Waals surface area contributed by atoms with Crippen molar-refractivity contribution in [3.05, 3.63) is 18.2 Å². The summed E-state index contributed by atoms with van der Waals surface area (Å²) in [4.78, 5) is 7.18. The fourth-order valence-electron chi connectivity index (χ4n) is 1.89. The van der Waals surface area contributed by atoms with Crippen LogP contribution in [0, 0.1) is 0 Å². The normalized spacial score (nSPS) is 15.6. The maximum Gasteiger partial charge on any atom is 0.389 e. The van der Waals surface area contributed by atoms with Gasteiger partial charge in [-0.15, -0.1) is 0 Å². The third-order valence-corrected chi connectivity index (χ3v) is 2.84. The Kier molecular flexibility index (Phi) is 5.65. The molecule has 18 heavy (non-hydrogen) atoms. The van der Waals surface area contributed by atoms with Crippen LogP contribution in [0.5, 0.6) is 0 Å². The van der Waals surface area contributed by atoms with Crippen LogP contribution in [0.15, 0.2) is 12.4 Å². The van der Waals surface area contributed by atoms with Crippen molar-refractivity contribution in [2.75, 3.05) is 0 Å².